The summed E-state index contributed by atoms with van der Waals surface area (Å²) < 4.78 is 1.72. The van der Waals surface area contributed by atoms with Crippen molar-refractivity contribution in [3.63, 3.8) is 0 Å². The highest BCUT2D eigenvalue weighted by Gasteiger charge is 2.19. The van der Waals surface area contributed by atoms with E-state index in [0.717, 1.165) is 33.5 Å². The topological polar surface area (TPSA) is 59.3 Å². The third-order valence-corrected chi connectivity index (χ3v) is 6.61. The highest BCUT2D eigenvalue weighted by atomic mass is 16.2. The maximum Gasteiger partial charge on any atom is 0.275 e. The Hall–Kier alpha value is -5.55. The van der Waals surface area contributed by atoms with Crippen molar-refractivity contribution in [1.82, 2.24) is 15.2 Å². The van der Waals surface area contributed by atoms with Crippen molar-refractivity contribution in [2.45, 2.75) is 0 Å². The van der Waals surface area contributed by atoms with Gasteiger partial charge in [-0.15, -0.1) is 0 Å². The standard InChI is InChI=1S/C35H26N4O/c40-35(32-25-39(31-19-11-4-12-20-31)38-34(32)29-17-9-3-10-18-29)37-36-33(28-15-7-2-8-16-28)30-23-21-27(22-24-30)26-13-5-1-6-14-26/h1-25H,(H,37,40)/b36-33+. The number of rotatable bonds is 7. The van der Waals surface area contributed by atoms with E-state index >= 15 is 0 Å². The Labute approximate surface area is 233 Å². The number of hydrogen-bond acceptors (Lipinski definition) is 3. The van der Waals surface area contributed by atoms with Crippen molar-refractivity contribution in [3.05, 3.63) is 168 Å². The normalized spacial score (nSPS) is 11.2. The lowest BCUT2D eigenvalue weighted by Gasteiger charge is -2.10. The number of aromatic nitrogens is 2. The summed E-state index contributed by atoms with van der Waals surface area (Å²) in [4.78, 5) is 13.6. The minimum atomic E-state index is -0.338. The lowest BCUT2D eigenvalue weighted by atomic mass is 9.99. The van der Waals surface area contributed by atoms with E-state index < -0.39 is 0 Å². The second kappa shape index (κ2) is 11.5. The lowest BCUT2D eigenvalue weighted by Crippen LogP contribution is -2.21. The number of para-hydroxylation sites is 1. The molecule has 1 amide bonds. The minimum absolute atomic E-state index is 0.338. The molecule has 1 heterocycles. The summed E-state index contributed by atoms with van der Waals surface area (Å²) in [5, 5.41) is 9.40. The van der Waals surface area contributed by atoms with Gasteiger partial charge in [0.05, 0.1) is 17.0 Å². The first kappa shape index (κ1) is 24.8. The molecular formula is C35H26N4O. The van der Waals surface area contributed by atoms with E-state index in [9.17, 15) is 4.79 Å². The molecule has 0 bridgehead atoms. The van der Waals surface area contributed by atoms with Crippen LogP contribution in [0.15, 0.2) is 157 Å². The molecular weight excluding hydrogens is 492 g/mol. The van der Waals surface area contributed by atoms with E-state index in [-0.39, 0.29) is 5.91 Å². The van der Waals surface area contributed by atoms with Crippen molar-refractivity contribution in [1.29, 1.82) is 0 Å². The Morgan fingerprint density at radius 3 is 1.70 bits per heavy atom. The van der Waals surface area contributed by atoms with Crippen LogP contribution in [-0.4, -0.2) is 21.4 Å². The zero-order valence-electron chi connectivity index (χ0n) is 21.7. The molecule has 0 aliphatic rings. The monoisotopic (exact) mass is 518 g/mol. The SMILES string of the molecule is O=C(N/N=C(\c1ccccc1)c1ccc(-c2ccccc2)cc1)c1cn(-c2ccccc2)nc1-c1ccccc1. The van der Waals surface area contributed by atoms with Crippen molar-refractivity contribution in [3.8, 4) is 28.1 Å². The van der Waals surface area contributed by atoms with Gasteiger partial charge in [0.15, 0.2) is 0 Å². The van der Waals surface area contributed by atoms with Gasteiger partial charge in [0.1, 0.15) is 5.69 Å². The van der Waals surface area contributed by atoms with Crippen molar-refractivity contribution >= 4 is 11.6 Å². The lowest BCUT2D eigenvalue weighted by molar-refractivity contribution is 0.0955. The zero-order chi connectivity index (χ0) is 27.1. The highest BCUT2D eigenvalue weighted by Crippen LogP contribution is 2.24. The van der Waals surface area contributed by atoms with Crippen LogP contribution in [0.2, 0.25) is 0 Å². The van der Waals surface area contributed by atoms with Crippen LogP contribution in [-0.2, 0) is 0 Å². The number of amides is 1. The van der Waals surface area contributed by atoms with Crippen LogP contribution in [0.1, 0.15) is 21.5 Å². The van der Waals surface area contributed by atoms with Crippen LogP contribution in [0.4, 0.5) is 0 Å². The Kier molecular flexibility index (Phi) is 7.09. The van der Waals surface area contributed by atoms with Crippen LogP contribution in [0.5, 0.6) is 0 Å². The Morgan fingerprint density at radius 1 is 0.575 bits per heavy atom. The van der Waals surface area contributed by atoms with Crippen molar-refractivity contribution in [2.24, 2.45) is 5.10 Å². The molecule has 1 aromatic heterocycles. The van der Waals surface area contributed by atoms with Crippen LogP contribution in [0.25, 0.3) is 28.1 Å². The summed E-state index contributed by atoms with van der Waals surface area (Å²) in [5.41, 5.74) is 10.3. The van der Waals surface area contributed by atoms with Crippen LogP contribution in [0.3, 0.4) is 0 Å². The molecule has 5 aromatic carbocycles. The zero-order valence-corrected chi connectivity index (χ0v) is 21.7. The summed E-state index contributed by atoms with van der Waals surface area (Å²) in [6.45, 7) is 0. The van der Waals surface area contributed by atoms with E-state index in [4.69, 9.17) is 5.10 Å². The van der Waals surface area contributed by atoms with Crippen LogP contribution >= 0.6 is 0 Å². The van der Waals surface area contributed by atoms with Gasteiger partial charge in [0.25, 0.3) is 5.91 Å². The smallest absolute Gasteiger partial charge is 0.267 e. The van der Waals surface area contributed by atoms with E-state index in [1.165, 1.54) is 0 Å². The number of hydrogen-bond donors (Lipinski definition) is 1. The van der Waals surface area contributed by atoms with Gasteiger partial charge in [0.2, 0.25) is 0 Å². The van der Waals surface area contributed by atoms with Crippen molar-refractivity contribution in [2.75, 3.05) is 0 Å². The van der Waals surface area contributed by atoms with Crippen molar-refractivity contribution < 1.29 is 4.79 Å². The first-order valence-corrected chi connectivity index (χ1v) is 13.1. The van der Waals surface area contributed by atoms with E-state index in [2.05, 4.69) is 34.8 Å². The Bertz CT molecular complexity index is 1740. The molecule has 0 aliphatic carbocycles. The maximum atomic E-state index is 13.6. The Balaban J connectivity index is 1.36. The molecule has 5 nitrogen and oxygen atoms in total. The second-order valence-corrected chi connectivity index (χ2v) is 9.25. The summed E-state index contributed by atoms with van der Waals surface area (Å²) in [5.74, 6) is -0.338. The molecule has 0 radical (unpaired) electrons. The van der Waals surface area contributed by atoms with Gasteiger partial charge in [0, 0.05) is 22.9 Å². The molecule has 5 heteroatoms. The predicted molar refractivity (Wildman–Crippen MR) is 160 cm³/mol. The fraction of sp³-hybridized carbons (Fsp3) is 0. The number of carbonyl (C=O) groups is 1. The van der Waals surface area contributed by atoms with Gasteiger partial charge in [-0.2, -0.15) is 10.2 Å². The third kappa shape index (κ3) is 5.35. The molecule has 1 N–H and O–H groups in total. The first-order chi connectivity index (χ1) is 19.8. The number of carbonyl (C=O) groups excluding carboxylic acids is 1. The van der Waals surface area contributed by atoms with Gasteiger partial charge in [-0.3, -0.25) is 4.79 Å². The van der Waals surface area contributed by atoms with Gasteiger partial charge < -0.3 is 0 Å². The average molecular weight is 519 g/mol. The number of benzene rings is 5. The molecule has 192 valence electrons. The molecule has 40 heavy (non-hydrogen) atoms. The average Bonchev–Trinajstić information content (AvgIpc) is 3.49. The summed E-state index contributed by atoms with van der Waals surface area (Å²) in [6.07, 6.45) is 1.75. The second-order valence-electron chi connectivity index (χ2n) is 9.25. The molecule has 0 saturated carbocycles. The minimum Gasteiger partial charge on any atom is -0.267 e. The maximum absolute atomic E-state index is 13.6. The summed E-state index contributed by atoms with van der Waals surface area (Å²) >= 11 is 0. The third-order valence-electron chi connectivity index (χ3n) is 6.61. The van der Waals surface area contributed by atoms with Crippen LogP contribution < -0.4 is 5.43 Å². The molecule has 0 atom stereocenters. The molecule has 0 unspecified atom stereocenters. The largest absolute Gasteiger partial charge is 0.275 e. The molecule has 0 spiro atoms. The number of nitrogens with one attached hydrogen (secondary N) is 1. The van der Waals surface area contributed by atoms with Gasteiger partial charge >= 0.3 is 0 Å². The molecule has 6 rings (SSSR count). The molecule has 6 aromatic rings. The Morgan fingerprint density at radius 2 is 1.07 bits per heavy atom. The van der Waals surface area contributed by atoms with Gasteiger partial charge in [-0.1, -0.05) is 133 Å². The van der Waals surface area contributed by atoms with Crippen LogP contribution in [0, 0.1) is 0 Å². The molecule has 0 aliphatic heterocycles. The van der Waals surface area contributed by atoms with E-state index in [1.807, 2.05) is 121 Å². The number of hydrazone groups is 1. The molecule has 0 saturated heterocycles. The van der Waals surface area contributed by atoms with E-state index in [1.54, 1.807) is 10.9 Å². The highest BCUT2D eigenvalue weighted by molar-refractivity contribution is 6.13. The quantitative estimate of drug-likeness (QED) is 0.177. The number of nitrogens with zero attached hydrogens (tertiary/aromatic N) is 3. The van der Waals surface area contributed by atoms with E-state index in [0.29, 0.717) is 17.0 Å². The summed E-state index contributed by atoms with van der Waals surface area (Å²) in [7, 11) is 0. The summed E-state index contributed by atoms with van der Waals surface area (Å²) in [6, 6.07) is 47.7. The fourth-order valence-electron chi connectivity index (χ4n) is 4.57. The predicted octanol–water partition coefficient (Wildman–Crippen LogP) is 7.39. The fourth-order valence-corrected chi connectivity index (χ4v) is 4.57. The first-order valence-electron chi connectivity index (χ1n) is 13.1. The van der Waals surface area contributed by atoms with Gasteiger partial charge in [-0.25, -0.2) is 10.1 Å². The van der Waals surface area contributed by atoms with Gasteiger partial charge in [-0.05, 0) is 23.3 Å². The molecule has 0 fully saturated rings.